The number of furan rings is 1. The van der Waals surface area contributed by atoms with Gasteiger partial charge in [0.1, 0.15) is 11.2 Å². The van der Waals surface area contributed by atoms with Crippen LogP contribution in [-0.2, 0) is 0 Å². The first-order valence-electron chi connectivity index (χ1n) is 21.6. The van der Waals surface area contributed by atoms with Crippen molar-refractivity contribution in [2.45, 2.75) is 6.92 Å². The van der Waals surface area contributed by atoms with E-state index in [0.29, 0.717) is 0 Å². The van der Waals surface area contributed by atoms with Gasteiger partial charge in [-0.2, -0.15) is 0 Å². The smallest absolute Gasteiger partial charge is 0.135 e. The molecule has 0 saturated carbocycles. The van der Waals surface area contributed by atoms with Crippen LogP contribution in [0, 0.1) is 6.92 Å². The van der Waals surface area contributed by atoms with E-state index in [1.807, 2.05) is 12.1 Å². The predicted octanol–water partition coefficient (Wildman–Crippen LogP) is 16.5. The highest BCUT2D eigenvalue weighted by Crippen LogP contribution is 2.44. The van der Waals surface area contributed by atoms with Crippen molar-refractivity contribution in [3.8, 4) is 50.5 Å². The first kappa shape index (κ1) is 35.5. The van der Waals surface area contributed by atoms with Crippen LogP contribution < -0.4 is 0 Å². The number of fused-ring (bicyclic) bond motifs is 12. The molecule has 13 aromatic rings. The zero-order chi connectivity index (χ0) is 41.6. The van der Waals surface area contributed by atoms with Crippen molar-refractivity contribution < 1.29 is 4.42 Å². The number of pyridine rings is 1. The summed E-state index contributed by atoms with van der Waals surface area (Å²) in [5, 5.41) is 12.1. The molecule has 63 heavy (non-hydrogen) atoms. The molecule has 3 heterocycles. The molecule has 0 aliphatic carbocycles. The maximum absolute atomic E-state index is 6.22. The summed E-state index contributed by atoms with van der Waals surface area (Å²) in [6.07, 6.45) is 0. The molecule has 0 N–H and O–H groups in total. The van der Waals surface area contributed by atoms with Gasteiger partial charge in [-0.1, -0.05) is 157 Å². The molecule has 0 fully saturated rings. The van der Waals surface area contributed by atoms with Crippen LogP contribution in [0.15, 0.2) is 217 Å². The summed E-state index contributed by atoms with van der Waals surface area (Å²) in [6, 6.07) is 77.1. The lowest BCUT2D eigenvalue weighted by Crippen LogP contribution is -1.98. The lowest BCUT2D eigenvalue weighted by Gasteiger charge is -2.15. The third kappa shape index (κ3) is 5.71. The van der Waals surface area contributed by atoms with Gasteiger partial charge >= 0.3 is 0 Å². The van der Waals surface area contributed by atoms with Gasteiger partial charge < -0.3 is 8.98 Å². The molecule has 3 heteroatoms. The SMILES string of the molecule is Cc1ccc(-c2ccc3c(c2)c2cc4c5cc(-c6ccc7oc8ccccc8c7c6)ccc5c5ccccc5c4cc2n3-c2cc(-c3ccccc3)nc(-c3ccccc3)c2)cc1. The van der Waals surface area contributed by atoms with Gasteiger partial charge in [-0.25, -0.2) is 4.98 Å². The number of hydrogen-bond donors (Lipinski definition) is 0. The van der Waals surface area contributed by atoms with Crippen LogP contribution in [0.3, 0.4) is 0 Å². The van der Waals surface area contributed by atoms with Crippen LogP contribution in [0.1, 0.15) is 5.56 Å². The molecule has 0 unspecified atom stereocenters. The van der Waals surface area contributed by atoms with Crippen LogP contribution in [0.2, 0.25) is 0 Å². The van der Waals surface area contributed by atoms with E-state index >= 15 is 0 Å². The summed E-state index contributed by atoms with van der Waals surface area (Å²) in [5.41, 5.74) is 15.2. The summed E-state index contributed by atoms with van der Waals surface area (Å²) >= 11 is 0. The van der Waals surface area contributed by atoms with Crippen molar-refractivity contribution in [3.63, 3.8) is 0 Å². The van der Waals surface area contributed by atoms with Crippen molar-refractivity contribution in [2.75, 3.05) is 0 Å². The Bertz CT molecular complexity index is 3890. The van der Waals surface area contributed by atoms with E-state index < -0.39 is 0 Å². The summed E-state index contributed by atoms with van der Waals surface area (Å²) < 4.78 is 8.69. The van der Waals surface area contributed by atoms with E-state index in [4.69, 9.17) is 9.40 Å². The molecule has 13 rings (SSSR count). The summed E-state index contributed by atoms with van der Waals surface area (Å²) in [6.45, 7) is 2.14. The van der Waals surface area contributed by atoms with Gasteiger partial charge in [-0.15, -0.1) is 0 Å². The first-order valence-corrected chi connectivity index (χ1v) is 21.6. The Labute approximate surface area is 363 Å². The second-order valence-corrected chi connectivity index (χ2v) is 16.8. The molecular weight excluding hydrogens is 765 g/mol. The van der Waals surface area contributed by atoms with E-state index in [1.54, 1.807) is 0 Å². The molecule has 3 nitrogen and oxygen atoms in total. The summed E-state index contributed by atoms with van der Waals surface area (Å²) in [5.74, 6) is 0. The molecule has 294 valence electrons. The molecule has 0 bridgehead atoms. The highest BCUT2D eigenvalue weighted by Gasteiger charge is 2.20. The third-order valence-corrected chi connectivity index (χ3v) is 13.0. The monoisotopic (exact) mass is 802 g/mol. The van der Waals surface area contributed by atoms with Crippen molar-refractivity contribution in [1.29, 1.82) is 0 Å². The molecule has 0 spiro atoms. The second-order valence-electron chi connectivity index (χ2n) is 16.8. The third-order valence-electron chi connectivity index (χ3n) is 13.0. The van der Waals surface area contributed by atoms with E-state index in [2.05, 4.69) is 212 Å². The largest absolute Gasteiger partial charge is 0.456 e. The molecule has 0 radical (unpaired) electrons. The number of hydrogen-bond acceptors (Lipinski definition) is 2. The standard InChI is InChI=1S/C60H38N2O/c1-37-20-22-38(23-21-37)41-25-28-57-52(31-41)53-35-50-49-30-42(43-26-29-60-54(32-43)48-18-10-11-19-59(48)63-60)24-27-47(49)45-16-8-9-17-46(45)51(50)36-58(53)62(57)44-33-55(39-12-4-2-5-13-39)61-56(34-44)40-14-6-3-7-15-40/h2-36H,1H3. The Balaban J connectivity index is 1.12. The van der Waals surface area contributed by atoms with E-state index in [-0.39, 0.29) is 0 Å². The minimum atomic E-state index is 0.905. The van der Waals surface area contributed by atoms with Crippen molar-refractivity contribution in [1.82, 2.24) is 9.55 Å². The van der Waals surface area contributed by atoms with E-state index in [0.717, 1.165) is 61.2 Å². The van der Waals surface area contributed by atoms with Gasteiger partial charge in [0.15, 0.2) is 0 Å². The number of aryl methyl sites for hydroxylation is 1. The van der Waals surface area contributed by atoms with Crippen LogP contribution >= 0.6 is 0 Å². The molecule has 0 amide bonds. The topological polar surface area (TPSA) is 31.0 Å². The van der Waals surface area contributed by atoms with E-state index in [9.17, 15) is 0 Å². The summed E-state index contributed by atoms with van der Waals surface area (Å²) in [4.78, 5) is 5.27. The Hall–Kier alpha value is -8.27. The fourth-order valence-corrected chi connectivity index (χ4v) is 9.91. The van der Waals surface area contributed by atoms with Crippen LogP contribution in [0.25, 0.3) is 127 Å². The van der Waals surface area contributed by atoms with Gasteiger partial charge in [-0.05, 0) is 122 Å². The van der Waals surface area contributed by atoms with E-state index in [1.165, 1.54) is 70.9 Å². The molecule has 3 aromatic heterocycles. The number of aromatic nitrogens is 2. The predicted molar refractivity (Wildman–Crippen MR) is 265 cm³/mol. The van der Waals surface area contributed by atoms with Crippen LogP contribution in [-0.4, -0.2) is 9.55 Å². The highest BCUT2D eigenvalue weighted by atomic mass is 16.3. The van der Waals surface area contributed by atoms with Gasteiger partial charge in [0.2, 0.25) is 0 Å². The second kappa shape index (κ2) is 13.9. The van der Waals surface area contributed by atoms with Crippen LogP contribution in [0.4, 0.5) is 0 Å². The lowest BCUT2D eigenvalue weighted by molar-refractivity contribution is 0.669. The quantitative estimate of drug-likeness (QED) is 0.162. The molecule has 0 saturated heterocycles. The maximum atomic E-state index is 6.22. The number of rotatable bonds is 5. The Morgan fingerprint density at radius 1 is 0.317 bits per heavy atom. The average molecular weight is 803 g/mol. The molecule has 0 aliphatic rings. The number of nitrogens with zero attached hydrogens (tertiary/aromatic N) is 2. The number of para-hydroxylation sites is 1. The van der Waals surface area contributed by atoms with Gasteiger partial charge in [-0.3, -0.25) is 0 Å². The lowest BCUT2D eigenvalue weighted by atomic mass is 9.91. The fourth-order valence-electron chi connectivity index (χ4n) is 9.91. The fraction of sp³-hybridized carbons (Fsp3) is 0.0167. The number of benzene rings is 10. The Kier molecular flexibility index (Phi) is 7.82. The first-order chi connectivity index (χ1) is 31.1. The Morgan fingerprint density at radius 2 is 0.810 bits per heavy atom. The molecule has 0 aliphatic heterocycles. The maximum Gasteiger partial charge on any atom is 0.135 e. The van der Waals surface area contributed by atoms with Crippen LogP contribution in [0.5, 0.6) is 0 Å². The minimum Gasteiger partial charge on any atom is -0.456 e. The normalized spacial score (nSPS) is 11.9. The van der Waals surface area contributed by atoms with Gasteiger partial charge in [0.05, 0.1) is 28.1 Å². The van der Waals surface area contributed by atoms with Crippen molar-refractivity contribution in [2.24, 2.45) is 0 Å². The van der Waals surface area contributed by atoms with Gasteiger partial charge in [0.25, 0.3) is 0 Å². The molecule has 0 atom stereocenters. The zero-order valence-corrected chi connectivity index (χ0v) is 34.5. The molecular formula is C60H38N2O. The average Bonchev–Trinajstić information content (AvgIpc) is 3.88. The minimum absolute atomic E-state index is 0.905. The molecule has 10 aromatic carbocycles. The summed E-state index contributed by atoms with van der Waals surface area (Å²) in [7, 11) is 0. The van der Waals surface area contributed by atoms with Crippen molar-refractivity contribution >= 4 is 76.1 Å². The van der Waals surface area contributed by atoms with Crippen molar-refractivity contribution in [3.05, 3.63) is 218 Å². The van der Waals surface area contributed by atoms with Gasteiger partial charge in [0, 0.05) is 32.7 Å². The highest BCUT2D eigenvalue weighted by molar-refractivity contribution is 6.29. The zero-order valence-electron chi connectivity index (χ0n) is 34.5. The Morgan fingerprint density at radius 3 is 1.54 bits per heavy atom.